The molecular formula is C37H30Cl2N6O2. The number of nitrogens with zero attached hydrogens (tertiary/aromatic N) is 4. The number of benzene rings is 4. The van der Waals surface area contributed by atoms with Gasteiger partial charge in [-0.2, -0.15) is 0 Å². The van der Waals surface area contributed by atoms with Gasteiger partial charge in [-0.3, -0.25) is 9.36 Å². The van der Waals surface area contributed by atoms with Gasteiger partial charge < -0.3 is 19.4 Å². The quantitative estimate of drug-likeness (QED) is 0.188. The van der Waals surface area contributed by atoms with Crippen molar-refractivity contribution in [1.82, 2.24) is 29.0 Å². The predicted molar refractivity (Wildman–Crippen MR) is 187 cm³/mol. The van der Waals surface area contributed by atoms with Crippen LogP contribution in [0.3, 0.4) is 0 Å². The Balaban J connectivity index is 1.21. The first-order valence-electron chi connectivity index (χ1n) is 15.6. The molecule has 0 spiro atoms. The van der Waals surface area contributed by atoms with E-state index in [4.69, 9.17) is 28.2 Å². The number of aromatic nitrogens is 5. The van der Waals surface area contributed by atoms with Gasteiger partial charge >= 0.3 is 5.69 Å². The normalized spacial score (nSPS) is 14.0. The molecule has 1 saturated heterocycles. The van der Waals surface area contributed by atoms with Crippen LogP contribution in [0, 0.1) is 0 Å². The molecule has 1 fully saturated rings. The van der Waals surface area contributed by atoms with Crippen LogP contribution < -0.4 is 5.69 Å². The number of hydrogen-bond acceptors (Lipinski definition) is 3. The van der Waals surface area contributed by atoms with Crippen molar-refractivity contribution in [3.05, 3.63) is 135 Å². The van der Waals surface area contributed by atoms with Crippen molar-refractivity contribution in [3.8, 4) is 22.5 Å². The number of para-hydroxylation sites is 2. The van der Waals surface area contributed by atoms with Gasteiger partial charge in [-0.1, -0.05) is 83.9 Å². The Labute approximate surface area is 280 Å². The van der Waals surface area contributed by atoms with Gasteiger partial charge in [0.25, 0.3) is 5.91 Å². The van der Waals surface area contributed by atoms with Crippen LogP contribution in [0.2, 0.25) is 10.0 Å². The third-order valence-electron chi connectivity index (χ3n) is 9.10. The van der Waals surface area contributed by atoms with E-state index in [9.17, 15) is 9.59 Å². The van der Waals surface area contributed by atoms with Crippen LogP contribution in [0.15, 0.2) is 108 Å². The lowest BCUT2D eigenvalue weighted by Crippen LogP contribution is -2.40. The minimum atomic E-state index is -0.117. The molecule has 3 aromatic heterocycles. The van der Waals surface area contributed by atoms with E-state index >= 15 is 0 Å². The fourth-order valence-corrected chi connectivity index (χ4v) is 7.15. The molecule has 7 aromatic rings. The van der Waals surface area contributed by atoms with Crippen LogP contribution in [-0.4, -0.2) is 48.0 Å². The summed E-state index contributed by atoms with van der Waals surface area (Å²) < 4.78 is 3.93. The molecule has 4 heterocycles. The van der Waals surface area contributed by atoms with Crippen LogP contribution >= 0.6 is 23.2 Å². The van der Waals surface area contributed by atoms with Crippen LogP contribution in [0.5, 0.6) is 0 Å². The second-order valence-electron chi connectivity index (χ2n) is 12.0. The lowest BCUT2D eigenvalue weighted by atomic mass is 9.99. The van der Waals surface area contributed by atoms with Crippen molar-refractivity contribution in [3.63, 3.8) is 0 Å². The molecule has 0 aliphatic carbocycles. The fourth-order valence-electron chi connectivity index (χ4n) is 6.86. The molecule has 0 unspecified atom stereocenters. The Morgan fingerprint density at radius 3 is 2.34 bits per heavy atom. The summed E-state index contributed by atoms with van der Waals surface area (Å²) in [6.45, 7) is 1.56. The third-order valence-corrected chi connectivity index (χ3v) is 9.59. The van der Waals surface area contributed by atoms with Crippen molar-refractivity contribution in [1.29, 1.82) is 0 Å². The maximum Gasteiger partial charge on any atom is 0.326 e. The van der Waals surface area contributed by atoms with Gasteiger partial charge in [0.05, 0.1) is 28.7 Å². The van der Waals surface area contributed by atoms with E-state index in [0.29, 0.717) is 48.2 Å². The van der Waals surface area contributed by atoms with Crippen LogP contribution in [0.4, 0.5) is 0 Å². The highest BCUT2D eigenvalue weighted by molar-refractivity contribution is 6.31. The van der Waals surface area contributed by atoms with Gasteiger partial charge in [0, 0.05) is 57.8 Å². The van der Waals surface area contributed by atoms with Gasteiger partial charge in [-0.25, -0.2) is 9.78 Å². The molecule has 1 aliphatic heterocycles. The number of halogens is 2. The van der Waals surface area contributed by atoms with Gasteiger partial charge in [-0.05, 0) is 54.8 Å². The number of carbonyl (C=O) groups excluding carboxylic acids is 1. The second kappa shape index (κ2) is 12.0. The summed E-state index contributed by atoms with van der Waals surface area (Å²) in [5.74, 6) is -0.102. The minimum absolute atomic E-state index is 0.00539. The van der Waals surface area contributed by atoms with Crippen LogP contribution in [0.25, 0.3) is 44.5 Å². The number of H-pyrrole nitrogens is 2. The SMILES string of the molecule is O=C(c1[nH]c2cc(Cl)ccc2c1-c1c(-c2ccccc2)ncn1Cc1ccc(Cl)cc1)N1CCC(n2c(=O)[nH]c3ccccc32)CC1. The van der Waals surface area contributed by atoms with Gasteiger partial charge in [0.15, 0.2) is 0 Å². The number of nitrogens with one attached hydrogen (secondary N) is 2. The smallest absolute Gasteiger partial charge is 0.326 e. The maximum absolute atomic E-state index is 14.5. The van der Waals surface area contributed by atoms with E-state index in [1.54, 1.807) is 0 Å². The van der Waals surface area contributed by atoms with Crippen LogP contribution in [-0.2, 0) is 6.54 Å². The molecule has 234 valence electrons. The maximum atomic E-state index is 14.5. The molecule has 2 N–H and O–H groups in total. The molecule has 47 heavy (non-hydrogen) atoms. The predicted octanol–water partition coefficient (Wildman–Crippen LogP) is 8.17. The number of carbonyl (C=O) groups is 1. The molecule has 10 heteroatoms. The number of rotatable bonds is 6. The zero-order chi connectivity index (χ0) is 32.1. The summed E-state index contributed by atoms with van der Waals surface area (Å²) in [6.07, 6.45) is 3.16. The Hall–Kier alpha value is -5.05. The highest BCUT2D eigenvalue weighted by Gasteiger charge is 2.31. The summed E-state index contributed by atoms with van der Waals surface area (Å²) >= 11 is 12.7. The molecular weight excluding hydrogens is 631 g/mol. The summed E-state index contributed by atoms with van der Waals surface area (Å²) in [5, 5.41) is 2.13. The first-order valence-corrected chi connectivity index (χ1v) is 16.4. The number of piperidine rings is 1. The van der Waals surface area contributed by atoms with E-state index < -0.39 is 0 Å². The molecule has 0 atom stereocenters. The van der Waals surface area contributed by atoms with Crippen molar-refractivity contribution in [2.24, 2.45) is 0 Å². The van der Waals surface area contributed by atoms with E-state index in [-0.39, 0.29) is 17.6 Å². The van der Waals surface area contributed by atoms with Crippen LogP contribution in [0.1, 0.15) is 34.9 Å². The van der Waals surface area contributed by atoms with E-state index in [1.807, 2.05) is 113 Å². The lowest BCUT2D eigenvalue weighted by molar-refractivity contribution is 0.0691. The van der Waals surface area contributed by atoms with E-state index in [2.05, 4.69) is 14.5 Å². The standard InChI is InChI=1S/C37H30Cl2N6O2/c38-25-12-10-23(11-13-25)21-44-22-40-33(24-6-2-1-3-7-24)35(44)32-28-15-14-26(39)20-30(28)41-34(32)36(46)43-18-16-27(17-19-43)45-31-9-5-4-8-29(31)42-37(45)47/h1-15,20,22,27,41H,16-19,21H2,(H,42,47). The highest BCUT2D eigenvalue weighted by atomic mass is 35.5. The summed E-state index contributed by atoms with van der Waals surface area (Å²) in [5.41, 5.74) is 7.25. The average Bonchev–Trinajstić information content (AvgIpc) is 3.77. The Kier molecular flexibility index (Phi) is 7.47. The Bertz CT molecular complexity index is 2310. The van der Waals surface area contributed by atoms with Crippen molar-refractivity contribution in [2.45, 2.75) is 25.4 Å². The van der Waals surface area contributed by atoms with Gasteiger partial charge in [0.2, 0.25) is 0 Å². The van der Waals surface area contributed by atoms with Gasteiger partial charge in [-0.15, -0.1) is 0 Å². The number of imidazole rings is 2. The van der Waals surface area contributed by atoms with E-state index in [1.165, 1.54) is 0 Å². The first kappa shape index (κ1) is 29.4. The third kappa shape index (κ3) is 5.33. The highest BCUT2D eigenvalue weighted by Crippen LogP contribution is 2.40. The Morgan fingerprint density at radius 1 is 0.830 bits per heavy atom. The lowest BCUT2D eigenvalue weighted by Gasteiger charge is -2.32. The zero-order valence-electron chi connectivity index (χ0n) is 25.3. The molecule has 8 nitrogen and oxygen atoms in total. The topological polar surface area (TPSA) is 91.7 Å². The first-order chi connectivity index (χ1) is 22.9. The van der Waals surface area contributed by atoms with Gasteiger partial charge in [0.1, 0.15) is 5.69 Å². The van der Waals surface area contributed by atoms with E-state index in [0.717, 1.165) is 50.0 Å². The molecule has 0 radical (unpaired) electrons. The Morgan fingerprint density at radius 2 is 1.55 bits per heavy atom. The van der Waals surface area contributed by atoms with Crippen molar-refractivity contribution < 1.29 is 4.79 Å². The number of amides is 1. The zero-order valence-corrected chi connectivity index (χ0v) is 26.8. The number of fused-ring (bicyclic) bond motifs is 2. The number of hydrogen-bond donors (Lipinski definition) is 2. The molecule has 0 bridgehead atoms. The molecule has 1 aliphatic rings. The minimum Gasteiger partial charge on any atom is -0.350 e. The fraction of sp³-hybridized carbons (Fsp3) is 0.162. The summed E-state index contributed by atoms with van der Waals surface area (Å²) in [4.78, 5) is 40.6. The molecule has 8 rings (SSSR count). The van der Waals surface area contributed by atoms with Crippen molar-refractivity contribution >= 4 is 51.0 Å². The molecule has 0 saturated carbocycles. The summed E-state index contributed by atoms with van der Waals surface area (Å²) in [7, 11) is 0. The average molecular weight is 662 g/mol. The number of aromatic amines is 2. The largest absolute Gasteiger partial charge is 0.350 e. The molecule has 4 aromatic carbocycles. The molecule has 1 amide bonds. The second-order valence-corrected chi connectivity index (χ2v) is 12.8. The summed E-state index contributed by atoms with van der Waals surface area (Å²) in [6, 6.07) is 31.2. The monoisotopic (exact) mass is 660 g/mol. The number of likely N-dealkylation sites (tertiary alicyclic amines) is 1. The van der Waals surface area contributed by atoms with Crippen molar-refractivity contribution in [2.75, 3.05) is 13.1 Å².